The van der Waals surface area contributed by atoms with Gasteiger partial charge in [0.15, 0.2) is 6.61 Å². The van der Waals surface area contributed by atoms with E-state index in [1.807, 2.05) is 0 Å². The standard InChI is InChI=1S/C20H22F3N3O4/c1-12(13-6-7-13)26(11-20(21,22)23)17(27)10-30-18(28)9-8-16-24-15-5-3-2-4-14(15)19(29)25-16/h2-5,12-13H,6-11H2,1H3,(H,24,25,29). The van der Waals surface area contributed by atoms with Crippen molar-refractivity contribution in [3.05, 3.63) is 40.4 Å². The first-order valence-electron chi connectivity index (χ1n) is 9.64. The summed E-state index contributed by atoms with van der Waals surface area (Å²) >= 11 is 0. The number of nitrogens with one attached hydrogen (secondary N) is 1. The Labute approximate surface area is 170 Å². The summed E-state index contributed by atoms with van der Waals surface area (Å²) in [6.45, 7) is -0.554. The van der Waals surface area contributed by atoms with Crippen molar-refractivity contribution in [2.75, 3.05) is 13.2 Å². The number of nitrogens with zero attached hydrogens (tertiary/aromatic N) is 2. The second-order valence-corrected chi connectivity index (χ2v) is 7.41. The summed E-state index contributed by atoms with van der Waals surface area (Å²) in [5.41, 5.74) is 0.146. The minimum Gasteiger partial charge on any atom is -0.456 e. The van der Waals surface area contributed by atoms with Gasteiger partial charge in [0.1, 0.15) is 12.4 Å². The molecule has 1 amide bonds. The van der Waals surface area contributed by atoms with Crippen LogP contribution in [-0.2, 0) is 20.7 Å². The van der Waals surface area contributed by atoms with Gasteiger partial charge in [-0.2, -0.15) is 13.2 Å². The topological polar surface area (TPSA) is 92.4 Å². The molecule has 1 heterocycles. The fourth-order valence-corrected chi connectivity index (χ4v) is 3.26. The van der Waals surface area contributed by atoms with Gasteiger partial charge >= 0.3 is 12.1 Å². The van der Waals surface area contributed by atoms with E-state index in [0.29, 0.717) is 10.9 Å². The number of rotatable bonds is 8. The van der Waals surface area contributed by atoms with Crippen molar-refractivity contribution in [2.45, 2.75) is 44.8 Å². The van der Waals surface area contributed by atoms with Crippen LogP contribution < -0.4 is 5.56 Å². The van der Waals surface area contributed by atoms with Crippen molar-refractivity contribution >= 4 is 22.8 Å². The number of para-hydroxylation sites is 1. The van der Waals surface area contributed by atoms with Crippen LogP contribution in [0.25, 0.3) is 10.9 Å². The average Bonchev–Trinajstić information content (AvgIpc) is 3.53. The van der Waals surface area contributed by atoms with Gasteiger partial charge in [0.05, 0.1) is 17.3 Å². The highest BCUT2D eigenvalue weighted by molar-refractivity contribution is 5.81. The fraction of sp³-hybridized carbons (Fsp3) is 0.500. The maximum absolute atomic E-state index is 12.8. The third-order valence-corrected chi connectivity index (χ3v) is 5.05. The molecule has 2 aromatic rings. The Balaban J connectivity index is 1.54. The number of fused-ring (bicyclic) bond motifs is 1. The smallest absolute Gasteiger partial charge is 0.406 e. The van der Waals surface area contributed by atoms with Crippen LogP contribution in [0.1, 0.15) is 32.0 Å². The zero-order valence-corrected chi connectivity index (χ0v) is 16.4. The van der Waals surface area contributed by atoms with E-state index in [1.165, 1.54) is 0 Å². The van der Waals surface area contributed by atoms with Crippen LogP contribution in [0.4, 0.5) is 13.2 Å². The Bertz CT molecular complexity index is 985. The molecule has 1 saturated carbocycles. The van der Waals surface area contributed by atoms with Crippen LogP contribution in [0.3, 0.4) is 0 Å². The lowest BCUT2D eigenvalue weighted by Gasteiger charge is -2.30. The largest absolute Gasteiger partial charge is 0.456 e. The van der Waals surface area contributed by atoms with Gasteiger partial charge in [0, 0.05) is 12.5 Å². The summed E-state index contributed by atoms with van der Waals surface area (Å²) in [6.07, 6.45) is -3.08. The van der Waals surface area contributed by atoms with Gasteiger partial charge in [-0.1, -0.05) is 12.1 Å². The van der Waals surface area contributed by atoms with Crippen LogP contribution >= 0.6 is 0 Å². The Kier molecular flexibility index (Phi) is 6.42. The first-order valence-corrected chi connectivity index (χ1v) is 9.64. The quantitative estimate of drug-likeness (QED) is 0.657. The molecule has 162 valence electrons. The number of carbonyl (C=O) groups excluding carboxylic acids is 2. The molecule has 3 rings (SSSR count). The molecule has 1 aromatic carbocycles. The van der Waals surface area contributed by atoms with Crippen molar-refractivity contribution in [3.63, 3.8) is 0 Å². The molecule has 7 nitrogen and oxygen atoms in total. The number of aromatic amines is 1. The molecule has 0 spiro atoms. The van der Waals surface area contributed by atoms with Crippen molar-refractivity contribution < 1.29 is 27.5 Å². The average molecular weight is 425 g/mol. The maximum Gasteiger partial charge on any atom is 0.406 e. The molecule has 1 aromatic heterocycles. The number of hydrogen-bond acceptors (Lipinski definition) is 5. The molecule has 30 heavy (non-hydrogen) atoms. The van der Waals surface area contributed by atoms with Gasteiger partial charge in [-0.15, -0.1) is 0 Å². The van der Waals surface area contributed by atoms with Gasteiger partial charge < -0.3 is 14.6 Å². The minimum atomic E-state index is -4.53. The number of benzene rings is 1. The highest BCUT2D eigenvalue weighted by Gasteiger charge is 2.40. The lowest BCUT2D eigenvalue weighted by molar-refractivity contribution is -0.170. The van der Waals surface area contributed by atoms with Crippen LogP contribution in [0, 0.1) is 5.92 Å². The molecule has 1 N–H and O–H groups in total. The molecule has 0 saturated heterocycles. The van der Waals surface area contributed by atoms with E-state index in [2.05, 4.69) is 9.97 Å². The summed E-state index contributed by atoms with van der Waals surface area (Å²) < 4.78 is 43.3. The Hall–Kier alpha value is -2.91. The summed E-state index contributed by atoms with van der Waals surface area (Å²) in [5, 5.41) is 0.420. The van der Waals surface area contributed by atoms with Crippen molar-refractivity contribution in [1.29, 1.82) is 0 Å². The molecule has 0 aliphatic heterocycles. The molecule has 10 heteroatoms. The highest BCUT2D eigenvalue weighted by atomic mass is 19.4. The molecular weight excluding hydrogens is 403 g/mol. The zero-order chi connectivity index (χ0) is 21.9. The van der Waals surface area contributed by atoms with E-state index in [-0.39, 0.29) is 30.1 Å². The fourth-order valence-electron chi connectivity index (χ4n) is 3.26. The van der Waals surface area contributed by atoms with Crippen molar-refractivity contribution in [3.8, 4) is 0 Å². The van der Waals surface area contributed by atoms with Gasteiger partial charge in [-0.25, -0.2) is 4.98 Å². The molecule has 0 bridgehead atoms. The van der Waals surface area contributed by atoms with Gasteiger partial charge in [0.25, 0.3) is 11.5 Å². The molecule has 1 unspecified atom stereocenters. The summed E-state index contributed by atoms with van der Waals surface area (Å²) in [4.78, 5) is 43.8. The third kappa shape index (κ3) is 5.80. The monoisotopic (exact) mass is 425 g/mol. The SMILES string of the molecule is CC(C1CC1)N(CC(F)(F)F)C(=O)COC(=O)CCc1nc2ccccc2c(=O)[nH]1. The molecule has 0 radical (unpaired) electrons. The highest BCUT2D eigenvalue weighted by Crippen LogP contribution is 2.36. The second-order valence-electron chi connectivity index (χ2n) is 7.41. The number of carbonyl (C=O) groups is 2. The first-order chi connectivity index (χ1) is 14.1. The molecule has 1 atom stereocenters. The Morgan fingerprint density at radius 2 is 2.00 bits per heavy atom. The molecule has 1 aliphatic rings. The minimum absolute atomic E-state index is 0.0443. The van der Waals surface area contributed by atoms with Crippen LogP contribution in [-0.4, -0.2) is 52.1 Å². The van der Waals surface area contributed by atoms with E-state index >= 15 is 0 Å². The lowest BCUT2D eigenvalue weighted by Crippen LogP contribution is -2.47. The second kappa shape index (κ2) is 8.85. The number of amides is 1. The number of H-pyrrole nitrogens is 1. The third-order valence-electron chi connectivity index (χ3n) is 5.05. The summed E-state index contributed by atoms with van der Waals surface area (Å²) in [5.74, 6) is -1.31. The van der Waals surface area contributed by atoms with Crippen molar-refractivity contribution in [2.24, 2.45) is 5.92 Å². The lowest BCUT2D eigenvalue weighted by atomic mass is 10.2. The molecule has 1 aliphatic carbocycles. The predicted molar refractivity (Wildman–Crippen MR) is 102 cm³/mol. The van der Waals surface area contributed by atoms with E-state index in [9.17, 15) is 27.6 Å². The van der Waals surface area contributed by atoms with Gasteiger partial charge in [0.2, 0.25) is 0 Å². The number of esters is 1. The van der Waals surface area contributed by atoms with E-state index in [4.69, 9.17) is 4.74 Å². The number of ether oxygens (including phenoxy) is 1. The van der Waals surface area contributed by atoms with E-state index < -0.39 is 37.2 Å². The number of halogens is 3. The number of aromatic nitrogens is 2. The van der Waals surface area contributed by atoms with Crippen LogP contribution in [0.15, 0.2) is 29.1 Å². The Morgan fingerprint density at radius 3 is 2.67 bits per heavy atom. The number of aryl methyl sites for hydroxylation is 1. The Morgan fingerprint density at radius 1 is 1.30 bits per heavy atom. The van der Waals surface area contributed by atoms with Crippen LogP contribution in [0.2, 0.25) is 0 Å². The van der Waals surface area contributed by atoms with Crippen molar-refractivity contribution in [1.82, 2.24) is 14.9 Å². The summed E-state index contributed by atoms with van der Waals surface area (Å²) in [6, 6.07) is 6.17. The van der Waals surface area contributed by atoms with Crippen LogP contribution in [0.5, 0.6) is 0 Å². The van der Waals surface area contributed by atoms with E-state index in [1.54, 1.807) is 31.2 Å². The predicted octanol–water partition coefficient (Wildman–Crippen LogP) is 2.59. The zero-order valence-electron chi connectivity index (χ0n) is 16.4. The normalized spacial score (nSPS) is 15.1. The van der Waals surface area contributed by atoms with E-state index in [0.717, 1.165) is 17.7 Å². The molecular formula is C20H22F3N3O4. The molecule has 1 fully saturated rings. The first kappa shape index (κ1) is 21.8. The number of hydrogen-bond donors (Lipinski definition) is 1. The van der Waals surface area contributed by atoms with Gasteiger partial charge in [-0.05, 0) is 37.8 Å². The summed E-state index contributed by atoms with van der Waals surface area (Å²) in [7, 11) is 0. The maximum atomic E-state index is 12.8. The number of alkyl halides is 3. The van der Waals surface area contributed by atoms with Gasteiger partial charge in [-0.3, -0.25) is 14.4 Å².